The molecule has 1 nitrogen and oxygen atoms in total. The monoisotopic (exact) mass is 311 g/mol. The summed E-state index contributed by atoms with van der Waals surface area (Å²) in [5.74, 6) is 3.56. The Bertz CT molecular complexity index is 688. The topological polar surface area (TPSA) is 4.93 Å². The smallest absolute Gasteiger partial charge is 0.146 e. The number of fused-ring (bicyclic) bond motifs is 1. The summed E-state index contributed by atoms with van der Waals surface area (Å²) in [6.45, 7) is 14.2. The molecule has 1 aromatic carbocycles. The maximum absolute atomic E-state index is 3.82. The van der Waals surface area contributed by atoms with Gasteiger partial charge in [0.05, 0.1) is 5.69 Å². The fourth-order valence-electron chi connectivity index (χ4n) is 4.01. The maximum atomic E-state index is 3.82. The molecule has 0 aliphatic rings. The van der Waals surface area contributed by atoms with E-state index in [0.29, 0.717) is 16.6 Å². The highest BCUT2D eigenvalue weighted by Gasteiger charge is 2.41. The minimum atomic E-state index is -1.66. The van der Waals surface area contributed by atoms with Gasteiger partial charge in [0, 0.05) is 18.0 Å². The molecule has 0 radical (unpaired) electrons. The number of aryl methyl sites for hydroxylation is 1. The van der Waals surface area contributed by atoms with Crippen molar-refractivity contribution in [2.45, 2.75) is 58.2 Å². The molecular weight excluding hydrogens is 282 g/mol. The van der Waals surface area contributed by atoms with Crippen LogP contribution in [0.2, 0.25) is 16.6 Å². The van der Waals surface area contributed by atoms with E-state index in [1.807, 2.05) is 0 Å². The number of benzene rings is 1. The molecular formula is C20H29NSi. The van der Waals surface area contributed by atoms with Crippen LogP contribution in [0.3, 0.4) is 0 Å². The SMILES string of the molecule is CC(C)[Si](C#Cc1cc2ccccc2n1C)(C(C)C)C(C)C. The maximum Gasteiger partial charge on any atom is 0.146 e. The quantitative estimate of drug-likeness (QED) is 0.502. The van der Waals surface area contributed by atoms with Crippen molar-refractivity contribution in [2.75, 3.05) is 0 Å². The Morgan fingerprint density at radius 3 is 1.95 bits per heavy atom. The minimum absolute atomic E-state index is 0.676. The average molecular weight is 312 g/mol. The molecule has 1 heterocycles. The summed E-state index contributed by atoms with van der Waals surface area (Å²) >= 11 is 0. The molecule has 0 amide bonds. The van der Waals surface area contributed by atoms with E-state index in [-0.39, 0.29) is 0 Å². The van der Waals surface area contributed by atoms with E-state index in [1.54, 1.807) is 0 Å². The lowest BCUT2D eigenvalue weighted by Crippen LogP contribution is -2.43. The van der Waals surface area contributed by atoms with Crippen LogP contribution < -0.4 is 0 Å². The normalized spacial score (nSPS) is 12.3. The molecule has 0 unspecified atom stereocenters. The molecule has 0 saturated carbocycles. The van der Waals surface area contributed by atoms with Crippen molar-refractivity contribution in [1.29, 1.82) is 0 Å². The first-order chi connectivity index (χ1) is 10.3. The fraction of sp³-hybridized carbons (Fsp3) is 0.500. The largest absolute Gasteiger partial charge is 0.337 e. The molecule has 0 N–H and O–H groups in total. The summed E-state index contributed by atoms with van der Waals surface area (Å²) < 4.78 is 2.22. The van der Waals surface area contributed by atoms with E-state index in [0.717, 1.165) is 5.69 Å². The number of para-hydroxylation sites is 1. The number of nitrogens with zero attached hydrogens (tertiary/aromatic N) is 1. The second kappa shape index (κ2) is 6.34. The Hall–Kier alpha value is -1.46. The summed E-state index contributed by atoms with van der Waals surface area (Å²) in [6, 6.07) is 10.7. The highest BCUT2D eigenvalue weighted by atomic mass is 28.3. The zero-order valence-corrected chi connectivity index (χ0v) is 16.1. The number of hydrogen-bond acceptors (Lipinski definition) is 0. The van der Waals surface area contributed by atoms with Gasteiger partial charge in [-0.15, -0.1) is 5.54 Å². The van der Waals surface area contributed by atoms with E-state index < -0.39 is 8.07 Å². The van der Waals surface area contributed by atoms with Gasteiger partial charge in [-0.25, -0.2) is 0 Å². The number of rotatable bonds is 3. The molecule has 2 heteroatoms. The summed E-state index contributed by atoms with van der Waals surface area (Å²) in [5, 5.41) is 1.28. The van der Waals surface area contributed by atoms with Crippen LogP contribution in [0.15, 0.2) is 30.3 Å². The summed E-state index contributed by atoms with van der Waals surface area (Å²) in [7, 11) is 0.464. The van der Waals surface area contributed by atoms with Crippen molar-refractivity contribution >= 4 is 19.0 Å². The first-order valence-electron chi connectivity index (χ1n) is 8.38. The Morgan fingerprint density at radius 1 is 0.909 bits per heavy atom. The molecule has 0 bridgehead atoms. The van der Waals surface area contributed by atoms with Crippen LogP contribution in [0.4, 0.5) is 0 Å². The van der Waals surface area contributed by atoms with Crippen molar-refractivity contribution in [3.63, 3.8) is 0 Å². The predicted molar refractivity (Wildman–Crippen MR) is 101 cm³/mol. The first-order valence-corrected chi connectivity index (χ1v) is 10.6. The molecule has 1 aromatic heterocycles. The van der Waals surface area contributed by atoms with Gasteiger partial charge in [0.25, 0.3) is 0 Å². The van der Waals surface area contributed by atoms with Gasteiger partial charge in [-0.1, -0.05) is 65.7 Å². The minimum Gasteiger partial charge on any atom is -0.337 e. The van der Waals surface area contributed by atoms with E-state index >= 15 is 0 Å². The Morgan fingerprint density at radius 2 is 1.45 bits per heavy atom. The third-order valence-corrected chi connectivity index (χ3v) is 11.5. The Labute approximate surface area is 136 Å². The van der Waals surface area contributed by atoms with Gasteiger partial charge in [-0.2, -0.15) is 0 Å². The van der Waals surface area contributed by atoms with Crippen molar-refractivity contribution < 1.29 is 0 Å². The Kier molecular flexibility index (Phi) is 4.87. The number of aromatic nitrogens is 1. The highest BCUT2D eigenvalue weighted by molar-refractivity contribution is 6.90. The summed E-state index contributed by atoms with van der Waals surface area (Å²) in [4.78, 5) is 0. The first kappa shape index (κ1) is 16.9. The molecule has 22 heavy (non-hydrogen) atoms. The molecule has 118 valence electrons. The molecule has 0 spiro atoms. The zero-order valence-electron chi connectivity index (χ0n) is 15.1. The van der Waals surface area contributed by atoms with Crippen LogP contribution in [0.25, 0.3) is 10.9 Å². The third-order valence-electron chi connectivity index (χ3n) is 5.22. The van der Waals surface area contributed by atoms with Crippen LogP contribution in [-0.4, -0.2) is 12.6 Å². The highest BCUT2D eigenvalue weighted by Crippen LogP contribution is 2.40. The van der Waals surface area contributed by atoms with Crippen LogP contribution >= 0.6 is 0 Å². The van der Waals surface area contributed by atoms with Crippen molar-refractivity contribution in [3.05, 3.63) is 36.0 Å². The molecule has 0 aliphatic carbocycles. The van der Waals surface area contributed by atoms with Crippen molar-refractivity contribution in [2.24, 2.45) is 7.05 Å². The predicted octanol–water partition coefficient (Wildman–Crippen LogP) is 5.75. The lowest BCUT2D eigenvalue weighted by atomic mass is 10.2. The van der Waals surface area contributed by atoms with Crippen LogP contribution in [-0.2, 0) is 7.05 Å². The van der Waals surface area contributed by atoms with Gasteiger partial charge >= 0.3 is 0 Å². The molecule has 0 aliphatic heterocycles. The van der Waals surface area contributed by atoms with Gasteiger partial charge in [0.1, 0.15) is 8.07 Å². The van der Waals surface area contributed by atoms with Gasteiger partial charge < -0.3 is 4.57 Å². The van der Waals surface area contributed by atoms with E-state index in [9.17, 15) is 0 Å². The standard InChI is InChI=1S/C20H29NSi/c1-15(2)22(16(3)4,17(5)6)13-12-19-14-18-10-8-9-11-20(18)21(19)7/h8-11,14-17H,1-7H3. The summed E-state index contributed by atoms with van der Waals surface area (Å²) in [6.07, 6.45) is 0. The third kappa shape index (κ3) is 2.75. The number of hydrogen-bond donors (Lipinski definition) is 0. The van der Waals surface area contributed by atoms with E-state index in [1.165, 1.54) is 10.9 Å². The molecule has 0 atom stereocenters. The fourth-order valence-corrected chi connectivity index (χ4v) is 9.22. The average Bonchev–Trinajstić information content (AvgIpc) is 2.76. The summed E-state index contributed by atoms with van der Waals surface area (Å²) in [5.41, 5.74) is 8.25. The molecule has 2 aromatic rings. The van der Waals surface area contributed by atoms with Crippen LogP contribution in [0.5, 0.6) is 0 Å². The lowest BCUT2D eigenvalue weighted by Gasteiger charge is -2.38. The van der Waals surface area contributed by atoms with E-state index in [4.69, 9.17) is 0 Å². The van der Waals surface area contributed by atoms with Gasteiger partial charge in [0.15, 0.2) is 0 Å². The van der Waals surface area contributed by atoms with Crippen molar-refractivity contribution in [1.82, 2.24) is 4.57 Å². The van der Waals surface area contributed by atoms with Gasteiger partial charge in [-0.3, -0.25) is 0 Å². The van der Waals surface area contributed by atoms with Crippen LogP contribution in [0, 0.1) is 11.5 Å². The van der Waals surface area contributed by atoms with Crippen LogP contribution in [0.1, 0.15) is 47.2 Å². The van der Waals surface area contributed by atoms with E-state index in [2.05, 4.69) is 95.0 Å². The lowest BCUT2D eigenvalue weighted by molar-refractivity contribution is 0.838. The molecule has 2 rings (SSSR count). The van der Waals surface area contributed by atoms with Gasteiger partial charge in [0.2, 0.25) is 0 Å². The zero-order chi connectivity index (χ0) is 16.5. The van der Waals surface area contributed by atoms with Gasteiger partial charge in [-0.05, 0) is 28.8 Å². The molecule has 0 saturated heterocycles. The molecule has 0 fully saturated rings. The van der Waals surface area contributed by atoms with Crippen molar-refractivity contribution in [3.8, 4) is 11.5 Å². The second-order valence-electron chi connectivity index (χ2n) is 7.29. The Balaban J connectivity index is 2.55. The second-order valence-corrected chi connectivity index (χ2v) is 12.9.